The molecular weight excluding hydrogens is 510 g/mol. The van der Waals surface area contributed by atoms with Crippen LogP contribution in [0.25, 0.3) is 0 Å². The van der Waals surface area contributed by atoms with Crippen LogP contribution in [0, 0.1) is 0 Å². The molecule has 2 aromatic rings. The zero-order chi connectivity index (χ0) is 21.1. The third-order valence-electron chi connectivity index (χ3n) is 3.88. The molecule has 0 saturated heterocycles. The zero-order valence-electron chi connectivity index (χ0n) is 17.0. The minimum absolute atomic E-state index is 0. The fourth-order valence-corrected chi connectivity index (χ4v) is 2.58. The summed E-state index contributed by atoms with van der Waals surface area (Å²) in [6.07, 6.45) is -4.32. The fourth-order valence-electron chi connectivity index (χ4n) is 2.58. The van der Waals surface area contributed by atoms with E-state index >= 15 is 0 Å². The van der Waals surface area contributed by atoms with Crippen molar-refractivity contribution >= 4 is 29.9 Å². The molecule has 2 N–H and O–H groups in total. The van der Waals surface area contributed by atoms with Crippen molar-refractivity contribution < 1.29 is 22.6 Å². The predicted molar refractivity (Wildman–Crippen MR) is 122 cm³/mol. The van der Waals surface area contributed by atoms with Crippen molar-refractivity contribution in [2.45, 2.75) is 32.8 Å². The van der Waals surface area contributed by atoms with Gasteiger partial charge in [-0.3, -0.25) is 0 Å². The zero-order valence-corrected chi connectivity index (χ0v) is 19.3. The standard InChI is InChI=1S/C21H26F3N3O2.HI/c1-3-25-20(27-13-17-7-5-9-19(11-17)28-2)26-12-16-6-4-8-18(10-16)14-29-15-21(22,23)24;/h4-11H,3,12-15H2,1-2H3,(H2,25,26,27);1H. The van der Waals surface area contributed by atoms with Gasteiger partial charge in [0.15, 0.2) is 5.96 Å². The van der Waals surface area contributed by atoms with Gasteiger partial charge in [0, 0.05) is 13.1 Å². The Balaban J connectivity index is 0.00000450. The number of aliphatic imine (C=N–C) groups is 1. The van der Waals surface area contributed by atoms with Crippen molar-refractivity contribution in [3.05, 3.63) is 65.2 Å². The van der Waals surface area contributed by atoms with Gasteiger partial charge in [-0.2, -0.15) is 13.2 Å². The number of nitrogens with zero attached hydrogens (tertiary/aromatic N) is 1. The summed E-state index contributed by atoms with van der Waals surface area (Å²) in [6.45, 7) is 2.30. The molecule has 0 radical (unpaired) electrons. The first-order chi connectivity index (χ1) is 13.9. The molecule has 0 aliphatic rings. The molecule has 5 nitrogen and oxygen atoms in total. The number of nitrogens with one attached hydrogen (secondary N) is 2. The van der Waals surface area contributed by atoms with Gasteiger partial charge in [0.1, 0.15) is 12.4 Å². The number of halogens is 4. The summed E-state index contributed by atoms with van der Waals surface area (Å²) in [6, 6.07) is 14.9. The van der Waals surface area contributed by atoms with Crippen LogP contribution in [0.1, 0.15) is 23.6 Å². The lowest BCUT2D eigenvalue weighted by Crippen LogP contribution is -2.36. The molecule has 9 heteroatoms. The molecule has 0 bridgehead atoms. The molecular formula is C21H27F3IN3O2. The number of hydrogen-bond acceptors (Lipinski definition) is 3. The normalized spacial score (nSPS) is 11.6. The Bertz CT molecular complexity index is 801. The van der Waals surface area contributed by atoms with Crippen LogP contribution in [0.3, 0.4) is 0 Å². The molecule has 0 aromatic heterocycles. The van der Waals surface area contributed by atoms with Gasteiger partial charge in [-0.15, -0.1) is 24.0 Å². The molecule has 0 fully saturated rings. The Labute approximate surface area is 192 Å². The average Bonchev–Trinajstić information content (AvgIpc) is 2.69. The monoisotopic (exact) mass is 537 g/mol. The smallest absolute Gasteiger partial charge is 0.411 e. The Kier molecular flexibility index (Phi) is 11.6. The largest absolute Gasteiger partial charge is 0.497 e. The third kappa shape index (κ3) is 10.1. The van der Waals surface area contributed by atoms with Gasteiger partial charge >= 0.3 is 6.18 Å². The van der Waals surface area contributed by atoms with Gasteiger partial charge in [0.2, 0.25) is 0 Å². The van der Waals surface area contributed by atoms with Crippen LogP contribution in [0.4, 0.5) is 13.2 Å². The number of rotatable bonds is 9. The number of alkyl halides is 3. The van der Waals surface area contributed by atoms with E-state index in [1.54, 1.807) is 25.3 Å². The van der Waals surface area contributed by atoms with E-state index in [1.165, 1.54) is 0 Å². The highest BCUT2D eigenvalue weighted by molar-refractivity contribution is 14.0. The van der Waals surface area contributed by atoms with Crippen molar-refractivity contribution in [2.75, 3.05) is 20.3 Å². The summed E-state index contributed by atoms with van der Waals surface area (Å²) in [4.78, 5) is 4.54. The van der Waals surface area contributed by atoms with E-state index in [0.717, 1.165) is 16.9 Å². The highest BCUT2D eigenvalue weighted by atomic mass is 127. The summed E-state index contributed by atoms with van der Waals surface area (Å²) < 4.78 is 46.5. The second-order valence-corrected chi connectivity index (χ2v) is 6.33. The molecule has 30 heavy (non-hydrogen) atoms. The quantitative estimate of drug-likeness (QED) is 0.278. The number of hydrogen-bond donors (Lipinski definition) is 2. The first kappa shape index (κ1) is 26.0. The number of guanidine groups is 1. The Morgan fingerprint density at radius 3 is 2.40 bits per heavy atom. The average molecular weight is 537 g/mol. The number of methoxy groups -OCH3 is 1. The maximum Gasteiger partial charge on any atom is 0.411 e. The van der Waals surface area contributed by atoms with E-state index < -0.39 is 12.8 Å². The lowest BCUT2D eigenvalue weighted by molar-refractivity contribution is -0.176. The van der Waals surface area contributed by atoms with Crippen LogP contribution >= 0.6 is 24.0 Å². The number of ether oxygens (including phenoxy) is 2. The predicted octanol–water partition coefficient (Wildman–Crippen LogP) is 4.65. The first-order valence-corrected chi connectivity index (χ1v) is 9.27. The molecule has 0 saturated carbocycles. The maximum absolute atomic E-state index is 12.2. The molecule has 0 heterocycles. The van der Waals surface area contributed by atoms with Crippen LogP contribution in [0.15, 0.2) is 53.5 Å². The fraction of sp³-hybridized carbons (Fsp3) is 0.381. The van der Waals surface area contributed by atoms with Gasteiger partial charge in [-0.05, 0) is 35.7 Å². The van der Waals surface area contributed by atoms with Crippen molar-refractivity contribution in [2.24, 2.45) is 4.99 Å². The van der Waals surface area contributed by atoms with Crippen molar-refractivity contribution in [3.63, 3.8) is 0 Å². The van der Waals surface area contributed by atoms with Crippen LogP contribution < -0.4 is 15.4 Å². The van der Waals surface area contributed by atoms with E-state index in [9.17, 15) is 13.2 Å². The Morgan fingerprint density at radius 1 is 1.00 bits per heavy atom. The van der Waals surface area contributed by atoms with Crippen LogP contribution in [0.5, 0.6) is 5.75 Å². The second kappa shape index (κ2) is 13.3. The second-order valence-electron chi connectivity index (χ2n) is 6.33. The van der Waals surface area contributed by atoms with Gasteiger partial charge in [0.05, 0.1) is 20.3 Å². The van der Waals surface area contributed by atoms with Crippen molar-refractivity contribution in [3.8, 4) is 5.75 Å². The van der Waals surface area contributed by atoms with Gasteiger partial charge in [-0.25, -0.2) is 4.99 Å². The van der Waals surface area contributed by atoms with E-state index in [-0.39, 0.29) is 30.6 Å². The van der Waals surface area contributed by atoms with Gasteiger partial charge < -0.3 is 20.1 Å². The molecule has 0 aliphatic heterocycles. The molecule has 0 amide bonds. The van der Waals surface area contributed by atoms with Crippen molar-refractivity contribution in [1.29, 1.82) is 0 Å². The summed E-state index contributed by atoms with van der Waals surface area (Å²) in [5.74, 6) is 1.44. The van der Waals surface area contributed by atoms with E-state index in [2.05, 4.69) is 15.6 Å². The minimum Gasteiger partial charge on any atom is -0.497 e. The van der Waals surface area contributed by atoms with Crippen molar-refractivity contribution in [1.82, 2.24) is 10.6 Å². The molecule has 0 atom stereocenters. The van der Waals surface area contributed by atoms with Gasteiger partial charge in [-0.1, -0.05) is 36.4 Å². The van der Waals surface area contributed by atoms with Crippen LogP contribution in [0.2, 0.25) is 0 Å². The lowest BCUT2D eigenvalue weighted by atomic mass is 10.1. The van der Waals surface area contributed by atoms with E-state index in [1.807, 2.05) is 37.3 Å². The molecule has 0 unspecified atom stereocenters. The minimum atomic E-state index is -4.32. The summed E-state index contributed by atoms with van der Waals surface area (Å²) in [5.41, 5.74) is 2.62. The Morgan fingerprint density at radius 2 is 1.70 bits per heavy atom. The third-order valence-corrected chi connectivity index (χ3v) is 3.88. The highest BCUT2D eigenvalue weighted by Gasteiger charge is 2.27. The van der Waals surface area contributed by atoms with E-state index in [4.69, 9.17) is 9.47 Å². The molecule has 0 spiro atoms. The summed E-state index contributed by atoms with van der Waals surface area (Å²) in [5, 5.41) is 6.43. The lowest BCUT2D eigenvalue weighted by Gasteiger charge is -2.12. The first-order valence-electron chi connectivity index (χ1n) is 9.27. The van der Waals surface area contributed by atoms with Crippen LogP contribution in [-0.4, -0.2) is 32.4 Å². The highest BCUT2D eigenvalue weighted by Crippen LogP contribution is 2.16. The molecule has 166 valence electrons. The SMILES string of the molecule is CCNC(=NCc1cccc(COCC(F)(F)F)c1)NCc1cccc(OC)c1.I. The van der Waals surface area contributed by atoms with Gasteiger partial charge in [0.25, 0.3) is 0 Å². The van der Waals surface area contributed by atoms with E-state index in [0.29, 0.717) is 31.2 Å². The summed E-state index contributed by atoms with van der Waals surface area (Å²) >= 11 is 0. The molecule has 0 aliphatic carbocycles. The molecule has 2 rings (SSSR count). The molecule has 2 aromatic carbocycles. The topological polar surface area (TPSA) is 54.9 Å². The maximum atomic E-state index is 12.2. The van der Waals surface area contributed by atoms with Crippen LogP contribution in [-0.2, 0) is 24.4 Å². The Hall–Kier alpha value is -2.01. The summed E-state index contributed by atoms with van der Waals surface area (Å²) in [7, 11) is 1.63. The number of benzene rings is 2.